The lowest BCUT2D eigenvalue weighted by atomic mass is 10.1. The number of fused-ring (bicyclic) bond motifs is 1. The minimum absolute atomic E-state index is 0.0199. The number of benzene rings is 1. The fourth-order valence-electron chi connectivity index (χ4n) is 3.21. The number of carbonyl (C=O) groups is 2. The van der Waals surface area contributed by atoms with Gasteiger partial charge in [-0.15, -0.1) is 0 Å². The molecule has 2 N–H and O–H groups in total. The van der Waals surface area contributed by atoms with Crippen LogP contribution in [-0.4, -0.2) is 32.6 Å². The van der Waals surface area contributed by atoms with E-state index in [4.69, 9.17) is 0 Å². The second kappa shape index (κ2) is 7.80. The average Bonchev–Trinajstić information content (AvgIpc) is 2.89. The summed E-state index contributed by atoms with van der Waals surface area (Å²) in [5.74, 6) is -0.231. The fraction of sp³-hybridized carbons (Fsp3) is 0.333. The molecule has 146 valence electrons. The first kappa shape index (κ1) is 19.5. The van der Waals surface area contributed by atoms with Crippen LogP contribution in [0.1, 0.15) is 41.2 Å². The Labute approximate surface area is 164 Å². The molecule has 0 aliphatic heterocycles. The lowest BCUT2D eigenvalue weighted by Gasteiger charge is -2.10. The number of amides is 2. The number of nitrogens with zero attached hydrogens (tertiary/aromatic N) is 3. The number of rotatable bonds is 5. The van der Waals surface area contributed by atoms with Crippen molar-refractivity contribution in [3.63, 3.8) is 0 Å². The first-order valence-electron chi connectivity index (χ1n) is 9.25. The number of aryl methyl sites for hydroxylation is 3. The highest BCUT2D eigenvalue weighted by Gasteiger charge is 2.18. The summed E-state index contributed by atoms with van der Waals surface area (Å²) in [6, 6.07) is 9.18. The molecule has 2 amide bonds. The second-order valence-electron chi connectivity index (χ2n) is 7.27. The third-order valence-corrected chi connectivity index (χ3v) is 4.37. The van der Waals surface area contributed by atoms with Crippen LogP contribution in [0.2, 0.25) is 0 Å². The number of pyridine rings is 1. The highest BCUT2D eigenvalue weighted by Crippen LogP contribution is 2.23. The van der Waals surface area contributed by atoms with Crippen molar-refractivity contribution in [3.05, 3.63) is 52.8 Å². The number of nitrogens with one attached hydrogen (secondary N) is 2. The van der Waals surface area contributed by atoms with Crippen molar-refractivity contribution in [1.82, 2.24) is 20.1 Å². The molecule has 0 bridgehead atoms. The van der Waals surface area contributed by atoms with E-state index in [2.05, 4.69) is 20.7 Å². The Morgan fingerprint density at radius 1 is 1.14 bits per heavy atom. The van der Waals surface area contributed by atoms with Crippen LogP contribution in [0.25, 0.3) is 11.0 Å². The molecule has 3 rings (SSSR count). The molecular weight excluding hydrogens is 354 g/mol. The van der Waals surface area contributed by atoms with Gasteiger partial charge < -0.3 is 10.6 Å². The van der Waals surface area contributed by atoms with Crippen molar-refractivity contribution in [1.29, 1.82) is 0 Å². The molecule has 0 unspecified atom stereocenters. The lowest BCUT2D eigenvalue weighted by molar-refractivity contribution is -0.120. The van der Waals surface area contributed by atoms with E-state index in [0.717, 1.165) is 22.3 Å². The van der Waals surface area contributed by atoms with E-state index in [-0.39, 0.29) is 17.9 Å². The summed E-state index contributed by atoms with van der Waals surface area (Å²) in [5.41, 5.74) is 4.32. The maximum Gasteiger partial charge on any atom is 0.256 e. The molecule has 2 aromatic heterocycles. The Hall–Kier alpha value is -3.22. The highest BCUT2D eigenvalue weighted by atomic mass is 16.2. The molecule has 3 aromatic rings. The van der Waals surface area contributed by atoms with Crippen molar-refractivity contribution < 1.29 is 9.59 Å². The molecule has 0 atom stereocenters. The van der Waals surface area contributed by atoms with Crippen LogP contribution >= 0.6 is 0 Å². The van der Waals surface area contributed by atoms with E-state index in [1.165, 1.54) is 0 Å². The summed E-state index contributed by atoms with van der Waals surface area (Å²) in [6.45, 7) is 7.58. The SMILES string of the molecule is Cc1cc(C(=O)Nc2ccc(CC(=O)NC(C)C)cc2)c2c(C)nn(C)c2n1. The monoisotopic (exact) mass is 379 g/mol. The maximum atomic E-state index is 12.9. The number of carbonyl (C=O) groups excluding carboxylic acids is 2. The first-order chi connectivity index (χ1) is 13.2. The molecule has 0 radical (unpaired) electrons. The van der Waals surface area contributed by atoms with Gasteiger partial charge in [0.1, 0.15) is 0 Å². The normalized spacial score (nSPS) is 11.1. The zero-order valence-corrected chi connectivity index (χ0v) is 16.8. The molecule has 2 heterocycles. The van der Waals surface area contributed by atoms with Crippen molar-refractivity contribution in [2.24, 2.45) is 7.05 Å². The third kappa shape index (κ3) is 4.19. The average molecular weight is 379 g/mol. The first-order valence-corrected chi connectivity index (χ1v) is 9.25. The molecule has 28 heavy (non-hydrogen) atoms. The summed E-state index contributed by atoms with van der Waals surface area (Å²) >= 11 is 0. The van der Waals surface area contributed by atoms with E-state index < -0.39 is 0 Å². The molecule has 1 aromatic carbocycles. The Balaban J connectivity index is 1.79. The van der Waals surface area contributed by atoms with Crippen LogP contribution in [0.5, 0.6) is 0 Å². The van der Waals surface area contributed by atoms with Crippen LogP contribution < -0.4 is 10.6 Å². The number of hydrogen-bond donors (Lipinski definition) is 2. The molecule has 0 saturated heterocycles. The summed E-state index contributed by atoms with van der Waals surface area (Å²) in [7, 11) is 1.82. The van der Waals surface area contributed by atoms with Gasteiger partial charge in [0.25, 0.3) is 5.91 Å². The summed E-state index contributed by atoms with van der Waals surface area (Å²) in [4.78, 5) is 29.2. The molecule has 0 saturated carbocycles. The van der Waals surface area contributed by atoms with E-state index in [1.807, 2.05) is 46.9 Å². The Morgan fingerprint density at radius 2 is 1.82 bits per heavy atom. The van der Waals surface area contributed by atoms with Gasteiger partial charge in [-0.05, 0) is 51.5 Å². The number of hydrogen-bond acceptors (Lipinski definition) is 4. The minimum Gasteiger partial charge on any atom is -0.354 e. The predicted octanol–water partition coefficient (Wildman–Crippen LogP) is 2.90. The van der Waals surface area contributed by atoms with Gasteiger partial charge >= 0.3 is 0 Å². The summed E-state index contributed by atoms with van der Waals surface area (Å²) in [5, 5.41) is 10.9. The van der Waals surface area contributed by atoms with Gasteiger partial charge in [-0.3, -0.25) is 14.3 Å². The Bertz CT molecular complexity index is 1040. The third-order valence-electron chi connectivity index (χ3n) is 4.37. The Morgan fingerprint density at radius 3 is 2.46 bits per heavy atom. The molecule has 0 fully saturated rings. The molecule has 7 heteroatoms. The standard InChI is InChI=1S/C21H25N5O2/c1-12(2)22-18(27)11-15-6-8-16(9-7-15)24-21(28)17-10-13(3)23-20-19(17)14(4)25-26(20)5/h6-10,12H,11H2,1-5H3,(H,22,27)(H,24,28). The van der Waals surface area contributed by atoms with Crippen LogP contribution in [0.3, 0.4) is 0 Å². The van der Waals surface area contributed by atoms with Crippen molar-refractivity contribution in [2.45, 2.75) is 40.2 Å². The maximum absolute atomic E-state index is 12.9. The minimum atomic E-state index is -0.211. The summed E-state index contributed by atoms with van der Waals surface area (Å²) < 4.78 is 1.69. The van der Waals surface area contributed by atoms with Gasteiger partial charge in [0, 0.05) is 24.5 Å². The summed E-state index contributed by atoms with van der Waals surface area (Å²) in [6.07, 6.45) is 0.311. The van der Waals surface area contributed by atoms with Crippen molar-refractivity contribution in [3.8, 4) is 0 Å². The fourth-order valence-corrected chi connectivity index (χ4v) is 3.21. The van der Waals surface area contributed by atoms with Crippen LogP contribution in [0.15, 0.2) is 30.3 Å². The van der Waals surface area contributed by atoms with Crippen molar-refractivity contribution in [2.75, 3.05) is 5.32 Å². The van der Waals surface area contributed by atoms with Crippen LogP contribution in [0.4, 0.5) is 5.69 Å². The smallest absolute Gasteiger partial charge is 0.256 e. The second-order valence-corrected chi connectivity index (χ2v) is 7.27. The van der Waals surface area contributed by atoms with Gasteiger partial charge in [-0.25, -0.2) is 4.98 Å². The zero-order chi connectivity index (χ0) is 20.4. The molecule has 0 aliphatic rings. The number of anilines is 1. The van der Waals surface area contributed by atoms with Crippen LogP contribution in [0, 0.1) is 13.8 Å². The van der Waals surface area contributed by atoms with Gasteiger partial charge in [0.2, 0.25) is 5.91 Å². The quantitative estimate of drug-likeness (QED) is 0.713. The topological polar surface area (TPSA) is 88.9 Å². The van der Waals surface area contributed by atoms with Gasteiger partial charge in [-0.1, -0.05) is 12.1 Å². The van der Waals surface area contributed by atoms with E-state index in [0.29, 0.717) is 23.3 Å². The van der Waals surface area contributed by atoms with E-state index >= 15 is 0 Å². The lowest BCUT2D eigenvalue weighted by Crippen LogP contribution is -2.31. The number of aromatic nitrogens is 3. The molecule has 0 aliphatic carbocycles. The highest BCUT2D eigenvalue weighted by molar-refractivity contribution is 6.12. The van der Waals surface area contributed by atoms with Gasteiger partial charge in [-0.2, -0.15) is 5.10 Å². The predicted molar refractivity (Wildman–Crippen MR) is 109 cm³/mol. The van der Waals surface area contributed by atoms with Gasteiger partial charge in [0.05, 0.1) is 23.1 Å². The van der Waals surface area contributed by atoms with Crippen molar-refractivity contribution >= 4 is 28.5 Å². The molecule has 7 nitrogen and oxygen atoms in total. The van der Waals surface area contributed by atoms with Crippen LogP contribution in [-0.2, 0) is 18.3 Å². The molecule has 0 spiro atoms. The van der Waals surface area contributed by atoms with Gasteiger partial charge in [0.15, 0.2) is 5.65 Å². The van der Waals surface area contributed by atoms with E-state index in [1.54, 1.807) is 22.9 Å². The van der Waals surface area contributed by atoms with E-state index in [9.17, 15) is 9.59 Å². The molecular formula is C21H25N5O2. The Kier molecular flexibility index (Phi) is 5.44. The zero-order valence-electron chi connectivity index (χ0n) is 16.8. The largest absolute Gasteiger partial charge is 0.354 e.